The number of nitrogens with zero attached hydrogens (tertiary/aromatic N) is 3. The van der Waals surface area contributed by atoms with Crippen LogP contribution in [0.15, 0.2) is 66.7 Å². The van der Waals surface area contributed by atoms with Crippen LogP contribution >= 0.6 is 11.6 Å². The smallest absolute Gasteiger partial charge is 0.213 e. The van der Waals surface area contributed by atoms with Gasteiger partial charge in [0.25, 0.3) is 0 Å². The Morgan fingerprint density at radius 1 is 0.800 bits per heavy atom. The van der Waals surface area contributed by atoms with E-state index in [4.69, 9.17) is 11.6 Å². The average Bonchev–Trinajstić information content (AvgIpc) is 2.63. The number of rotatable bonds is 3. The van der Waals surface area contributed by atoms with Crippen LogP contribution in [0.25, 0.3) is 22.4 Å². The van der Waals surface area contributed by atoms with Crippen molar-refractivity contribution in [3.05, 3.63) is 77.7 Å². The van der Waals surface area contributed by atoms with Gasteiger partial charge < -0.3 is 5.32 Å². The van der Waals surface area contributed by atoms with E-state index in [9.17, 15) is 4.39 Å². The highest BCUT2D eigenvalue weighted by molar-refractivity contribution is 6.30. The Hall–Kier alpha value is -3.05. The molecule has 4 nitrogen and oxygen atoms in total. The van der Waals surface area contributed by atoms with Crippen molar-refractivity contribution in [3.8, 4) is 11.5 Å². The predicted octanol–water partition coefficient (Wildman–Crippen LogP) is 5.23. The molecule has 25 heavy (non-hydrogen) atoms. The molecule has 2 heterocycles. The van der Waals surface area contributed by atoms with E-state index >= 15 is 0 Å². The highest BCUT2D eigenvalue weighted by Gasteiger charge is 2.11. The fourth-order valence-electron chi connectivity index (χ4n) is 2.49. The van der Waals surface area contributed by atoms with Gasteiger partial charge in [0, 0.05) is 16.1 Å². The number of nitrogens with one attached hydrogen (secondary N) is 1. The first-order chi connectivity index (χ1) is 12.2. The molecule has 1 N–H and O–H groups in total. The number of halogens is 2. The molecule has 0 aliphatic heterocycles. The summed E-state index contributed by atoms with van der Waals surface area (Å²) in [6.07, 6.45) is 0. The number of benzene rings is 2. The minimum Gasteiger partial charge on any atom is -0.340 e. The van der Waals surface area contributed by atoms with Crippen molar-refractivity contribution >= 4 is 34.0 Å². The molecule has 0 fully saturated rings. The van der Waals surface area contributed by atoms with Crippen LogP contribution in [0.4, 0.5) is 15.9 Å². The summed E-state index contributed by atoms with van der Waals surface area (Å²) >= 11 is 5.93. The van der Waals surface area contributed by atoms with Crippen molar-refractivity contribution in [3.63, 3.8) is 0 Å². The number of pyridine rings is 1. The van der Waals surface area contributed by atoms with Crippen LogP contribution in [0.5, 0.6) is 0 Å². The van der Waals surface area contributed by atoms with Gasteiger partial charge in [0.05, 0.1) is 5.52 Å². The SMILES string of the molecule is Fc1cccc(-c2nc(Nc3ccc(Cl)cc3)c3ccccc3n2)n1. The van der Waals surface area contributed by atoms with Crippen molar-refractivity contribution in [1.82, 2.24) is 15.0 Å². The van der Waals surface area contributed by atoms with E-state index in [1.165, 1.54) is 6.07 Å². The van der Waals surface area contributed by atoms with Crippen LogP contribution in [-0.2, 0) is 0 Å². The largest absolute Gasteiger partial charge is 0.340 e. The Morgan fingerprint density at radius 2 is 1.60 bits per heavy atom. The average molecular weight is 351 g/mol. The molecule has 2 aromatic heterocycles. The minimum atomic E-state index is -0.568. The number of anilines is 2. The molecule has 4 rings (SSSR count). The quantitative estimate of drug-likeness (QED) is 0.514. The summed E-state index contributed by atoms with van der Waals surface area (Å²) in [6, 6.07) is 19.5. The number of fused-ring (bicyclic) bond motifs is 1. The zero-order chi connectivity index (χ0) is 17.2. The second kappa shape index (κ2) is 6.45. The number of aromatic nitrogens is 3. The zero-order valence-electron chi connectivity index (χ0n) is 12.9. The molecule has 4 aromatic rings. The third-order valence-electron chi connectivity index (χ3n) is 3.65. The minimum absolute atomic E-state index is 0.356. The monoisotopic (exact) mass is 350 g/mol. The summed E-state index contributed by atoms with van der Waals surface area (Å²) in [7, 11) is 0. The number of hydrogen-bond acceptors (Lipinski definition) is 4. The van der Waals surface area contributed by atoms with Crippen LogP contribution in [0, 0.1) is 5.95 Å². The summed E-state index contributed by atoms with van der Waals surface area (Å²) in [6.45, 7) is 0. The van der Waals surface area contributed by atoms with E-state index in [0.29, 0.717) is 22.4 Å². The number of hydrogen-bond donors (Lipinski definition) is 1. The lowest BCUT2D eigenvalue weighted by atomic mass is 10.2. The lowest BCUT2D eigenvalue weighted by Gasteiger charge is -2.11. The van der Waals surface area contributed by atoms with E-state index in [0.717, 1.165) is 16.6 Å². The van der Waals surface area contributed by atoms with Crippen LogP contribution in [0.3, 0.4) is 0 Å². The Labute approximate surface area is 148 Å². The molecule has 122 valence electrons. The second-order valence-corrected chi connectivity index (χ2v) is 5.83. The van der Waals surface area contributed by atoms with Crippen LogP contribution in [0.1, 0.15) is 0 Å². The molecule has 0 bridgehead atoms. The highest BCUT2D eigenvalue weighted by atomic mass is 35.5. The van der Waals surface area contributed by atoms with Gasteiger partial charge in [0.1, 0.15) is 11.5 Å². The van der Waals surface area contributed by atoms with Gasteiger partial charge in [-0.3, -0.25) is 0 Å². The fourth-order valence-corrected chi connectivity index (χ4v) is 2.62. The lowest BCUT2D eigenvalue weighted by Crippen LogP contribution is -2.00. The Balaban J connectivity index is 1.85. The molecular formula is C19H12ClFN4. The molecule has 0 atom stereocenters. The summed E-state index contributed by atoms with van der Waals surface area (Å²) in [5.74, 6) is 0.408. The predicted molar refractivity (Wildman–Crippen MR) is 97.5 cm³/mol. The molecule has 6 heteroatoms. The third-order valence-corrected chi connectivity index (χ3v) is 3.91. The maximum absolute atomic E-state index is 13.5. The second-order valence-electron chi connectivity index (χ2n) is 5.39. The Kier molecular flexibility index (Phi) is 3.99. The van der Waals surface area contributed by atoms with E-state index in [1.54, 1.807) is 24.3 Å². The molecular weight excluding hydrogens is 339 g/mol. The fraction of sp³-hybridized carbons (Fsp3) is 0. The summed E-state index contributed by atoms with van der Waals surface area (Å²) in [5, 5.41) is 4.78. The zero-order valence-corrected chi connectivity index (χ0v) is 13.7. The lowest BCUT2D eigenvalue weighted by molar-refractivity contribution is 0.585. The Bertz CT molecular complexity index is 1050. The van der Waals surface area contributed by atoms with Gasteiger partial charge in [0.2, 0.25) is 5.95 Å². The van der Waals surface area contributed by atoms with E-state index in [1.807, 2.05) is 36.4 Å². The van der Waals surface area contributed by atoms with Gasteiger partial charge in [0.15, 0.2) is 5.82 Å². The first kappa shape index (κ1) is 15.5. The molecule has 2 aromatic carbocycles. The van der Waals surface area contributed by atoms with Gasteiger partial charge in [-0.25, -0.2) is 15.0 Å². The van der Waals surface area contributed by atoms with Crippen molar-refractivity contribution in [1.29, 1.82) is 0 Å². The maximum Gasteiger partial charge on any atom is 0.213 e. The Morgan fingerprint density at radius 3 is 2.40 bits per heavy atom. The van der Waals surface area contributed by atoms with Crippen molar-refractivity contribution in [2.24, 2.45) is 0 Å². The third kappa shape index (κ3) is 3.27. The van der Waals surface area contributed by atoms with E-state index in [-0.39, 0.29) is 0 Å². The van der Waals surface area contributed by atoms with Gasteiger partial charge in [-0.05, 0) is 48.5 Å². The number of para-hydroxylation sites is 1. The first-order valence-electron chi connectivity index (χ1n) is 7.61. The van der Waals surface area contributed by atoms with Crippen molar-refractivity contribution in [2.45, 2.75) is 0 Å². The molecule has 0 radical (unpaired) electrons. The molecule has 0 aliphatic carbocycles. The molecule has 0 amide bonds. The molecule has 0 saturated carbocycles. The van der Waals surface area contributed by atoms with Crippen molar-refractivity contribution in [2.75, 3.05) is 5.32 Å². The standard InChI is InChI=1S/C19H12ClFN4/c20-12-8-10-13(11-9-12)22-18-14-4-1-2-5-15(14)24-19(25-18)16-6-3-7-17(21)23-16/h1-11H,(H,22,24,25). The highest BCUT2D eigenvalue weighted by Crippen LogP contribution is 2.27. The van der Waals surface area contributed by atoms with Gasteiger partial charge in [-0.15, -0.1) is 0 Å². The summed E-state index contributed by atoms with van der Waals surface area (Å²) in [5.41, 5.74) is 1.96. The molecule has 0 saturated heterocycles. The normalized spacial score (nSPS) is 10.8. The van der Waals surface area contributed by atoms with E-state index in [2.05, 4.69) is 20.3 Å². The van der Waals surface area contributed by atoms with Crippen LogP contribution in [-0.4, -0.2) is 15.0 Å². The summed E-state index contributed by atoms with van der Waals surface area (Å²) < 4.78 is 13.5. The van der Waals surface area contributed by atoms with Crippen LogP contribution in [0.2, 0.25) is 5.02 Å². The molecule has 0 spiro atoms. The van der Waals surface area contributed by atoms with Gasteiger partial charge in [-0.2, -0.15) is 4.39 Å². The maximum atomic E-state index is 13.5. The molecule has 0 unspecified atom stereocenters. The summed E-state index contributed by atoms with van der Waals surface area (Å²) in [4.78, 5) is 12.9. The van der Waals surface area contributed by atoms with Gasteiger partial charge in [-0.1, -0.05) is 29.8 Å². The first-order valence-corrected chi connectivity index (χ1v) is 7.99. The van der Waals surface area contributed by atoms with Crippen LogP contribution < -0.4 is 5.32 Å². The topological polar surface area (TPSA) is 50.7 Å². The van der Waals surface area contributed by atoms with Gasteiger partial charge >= 0.3 is 0 Å². The van der Waals surface area contributed by atoms with E-state index < -0.39 is 5.95 Å². The molecule has 0 aliphatic rings. The van der Waals surface area contributed by atoms with Crippen molar-refractivity contribution < 1.29 is 4.39 Å².